The number of imide groups is 1. The number of urea groups is 1. The molecule has 0 fully saturated rings. The van der Waals surface area contributed by atoms with Gasteiger partial charge >= 0.3 is 12.0 Å². The Kier molecular flexibility index (Phi) is 5.26. The van der Waals surface area contributed by atoms with E-state index in [-0.39, 0.29) is 6.42 Å². The first-order valence-corrected chi connectivity index (χ1v) is 6.89. The lowest BCUT2D eigenvalue weighted by molar-refractivity contribution is -0.149. The van der Waals surface area contributed by atoms with Crippen LogP contribution in [0.1, 0.15) is 30.0 Å². The second kappa shape index (κ2) is 6.51. The topological polar surface area (TPSA) is 95.5 Å². The van der Waals surface area contributed by atoms with Crippen LogP contribution in [0, 0.1) is 12.3 Å². The summed E-state index contributed by atoms with van der Waals surface area (Å²) >= 11 is 1.56. The molecule has 0 radical (unpaired) electrons. The van der Waals surface area contributed by atoms with Gasteiger partial charge in [-0.1, -0.05) is 0 Å². The van der Waals surface area contributed by atoms with Crippen LogP contribution in [0.2, 0.25) is 0 Å². The molecule has 0 saturated carbocycles. The molecular formula is C13H18N2O4S. The molecule has 6 nitrogen and oxygen atoms in total. The highest BCUT2D eigenvalue weighted by atomic mass is 32.1. The van der Waals surface area contributed by atoms with Crippen LogP contribution in [0.25, 0.3) is 0 Å². The van der Waals surface area contributed by atoms with Crippen molar-refractivity contribution in [3.05, 3.63) is 21.9 Å². The molecule has 0 aliphatic heterocycles. The van der Waals surface area contributed by atoms with Crippen molar-refractivity contribution in [1.82, 2.24) is 10.6 Å². The monoisotopic (exact) mass is 298 g/mol. The molecule has 1 aromatic heterocycles. The Bertz CT molecular complexity index is 522. The Morgan fingerprint density at radius 1 is 1.30 bits per heavy atom. The summed E-state index contributed by atoms with van der Waals surface area (Å²) in [7, 11) is 0. The van der Waals surface area contributed by atoms with Crippen LogP contribution in [0.3, 0.4) is 0 Å². The molecule has 0 bridgehead atoms. The number of hydrogen-bond donors (Lipinski definition) is 3. The zero-order chi connectivity index (χ0) is 15.3. The molecule has 0 aliphatic carbocycles. The minimum atomic E-state index is -1.20. The number of hydrogen-bond acceptors (Lipinski definition) is 4. The highest BCUT2D eigenvalue weighted by Crippen LogP contribution is 2.20. The molecule has 7 heteroatoms. The zero-order valence-electron chi connectivity index (χ0n) is 11.6. The predicted molar refractivity (Wildman–Crippen MR) is 75.5 cm³/mol. The standard InChI is InChI=1S/C13H18N2O4S/c1-8-4-5-9(20-8)7-14-12(19)15-10(16)6-13(2,3)11(17)18/h4-5H,6-7H2,1-3H3,(H,17,18)(H2,14,15,16,19). The Labute approximate surface area is 121 Å². The highest BCUT2D eigenvalue weighted by Gasteiger charge is 2.30. The fraction of sp³-hybridized carbons (Fsp3) is 0.462. The lowest BCUT2D eigenvalue weighted by Crippen LogP contribution is -2.41. The Balaban J connectivity index is 2.39. The maximum atomic E-state index is 11.6. The van der Waals surface area contributed by atoms with Crippen LogP contribution >= 0.6 is 11.3 Å². The van der Waals surface area contributed by atoms with E-state index in [9.17, 15) is 14.4 Å². The van der Waals surface area contributed by atoms with E-state index in [4.69, 9.17) is 5.11 Å². The van der Waals surface area contributed by atoms with Crippen molar-refractivity contribution in [2.75, 3.05) is 0 Å². The van der Waals surface area contributed by atoms with Crippen LogP contribution in [-0.2, 0) is 16.1 Å². The van der Waals surface area contributed by atoms with Gasteiger partial charge in [-0.3, -0.25) is 14.9 Å². The van der Waals surface area contributed by atoms with Gasteiger partial charge in [-0.15, -0.1) is 11.3 Å². The van der Waals surface area contributed by atoms with E-state index < -0.39 is 23.3 Å². The summed E-state index contributed by atoms with van der Waals surface area (Å²) < 4.78 is 0. The van der Waals surface area contributed by atoms with Gasteiger partial charge in [-0.05, 0) is 32.9 Å². The van der Waals surface area contributed by atoms with Crippen LogP contribution in [0.4, 0.5) is 4.79 Å². The molecule has 0 spiro atoms. The third kappa shape index (κ3) is 5.00. The van der Waals surface area contributed by atoms with Gasteiger partial charge in [-0.25, -0.2) is 4.79 Å². The van der Waals surface area contributed by atoms with Crippen molar-refractivity contribution in [2.45, 2.75) is 33.7 Å². The first kappa shape index (κ1) is 16.2. The molecule has 0 aromatic carbocycles. The zero-order valence-corrected chi connectivity index (χ0v) is 12.5. The average Bonchev–Trinajstić information content (AvgIpc) is 2.71. The second-order valence-corrected chi connectivity index (χ2v) is 6.48. The lowest BCUT2D eigenvalue weighted by Gasteiger charge is -2.17. The molecule has 0 atom stereocenters. The molecule has 1 rings (SSSR count). The van der Waals surface area contributed by atoms with Gasteiger partial charge in [0.15, 0.2) is 0 Å². The molecule has 3 N–H and O–H groups in total. The number of carbonyl (C=O) groups excluding carboxylic acids is 2. The van der Waals surface area contributed by atoms with Crippen molar-refractivity contribution in [3.63, 3.8) is 0 Å². The summed E-state index contributed by atoms with van der Waals surface area (Å²) in [6.07, 6.45) is -0.256. The van der Waals surface area contributed by atoms with Gasteiger partial charge in [0.05, 0.1) is 12.0 Å². The Morgan fingerprint density at radius 3 is 2.45 bits per heavy atom. The van der Waals surface area contributed by atoms with Gasteiger partial charge in [-0.2, -0.15) is 0 Å². The predicted octanol–water partition coefficient (Wildman–Crippen LogP) is 1.88. The summed E-state index contributed by atoms with van der Waals surface area (Å²) in [6.45, 7) is 5.16. The van der Waals surface area contributed by atoms with Gasteiger partial charge < -0.3 is 10.4 Å². The van der Waals surface area contributed by atoms with Crippen molar-refractivity contribution in [2.24, 2.45) is 5.41 Å². The first-order chi connectivity index (χ1) is 9.20. The summed E-state index contributed by atoms with van der Waals surface area (Å²) in [5.41, 5.74) is -1.20. The van der Waals surface area contributed by atoms with Gasteiger partial charge in [0, 0.05) is 16.2 Å². The smallest absolute Gasteiger partial charge is 0.321 e. The van der Waals surface area contributed by atoms with Crippen LogP contribution in [0.15, 0.2) is 12.1 Å². The molecule has 110 valence electrons. The van der Waals surface area contributed by atoms with Crippen LogP contribution in [-0.4, -0.2) is 23.0 Å². The fourth-order valence-corrected chi connectivity index (χ4v) is 2.27. The number of aliphatic carboxylic acids is 1. The third-order valence-electron chi connectivity index (χ3n) is 2.65. The average molecular weight is 298 g/mol. The molecular weight excluding hydrogens is 280 g/mol. The molecule has 1 heterocycles. The normalized spacial score (nSPS) is 10.9. The van der Waals surface area contributed by atoms with E-state index >= 15 is 0 Å². The number of amides is 3. The second-order valence-electron chi connectivity index (χ2n) is 5.11. The maximum absolute atomic E-state index is 11.6. The van der Waals surface area contributed by atoms with E-state index in [1.165, 1.54) is 13.8 Å². The number of carboxylic acids is 1. The number of carboxylic acid groups (broad SMARTS) is 1. The number of aryl methyl sites for hydroxylation is 1. The summed E-state index contributed by atoms with van der Waals surface area (Å²) in [4.78, 5) is 36.1. The molecule has 3 amide bonds. The lowest BCUT2D eigenvalue weighted by atomic mass is 9.89. The third-order valence-corrected chi connectivity index (χ3v) is 3.65. The van der Waals surface area contributed by atoms with E-state index in [2.05, 4.69) is 10.6 Å². The molecule has 0 aliphatic rings. The summed E-state index contributed by atoms with van der Waals surface area (Å²) in [5.74, 6) is -1.70. The van der Waals surface area contributed by atoms with E-state index in [1.807, 2.05) is 19.1 Å². The van der Waals surface area contributed by atoms with E-state index in [1.54, 1.807) is 11.3 Å². The van der Waals surface area contributed by atoms with Crippen LogP contribution < -0.4 is 10.6 Å². The van der Waals surface area contributed by atoms with Crippen molar-refractivity contribution < 1.29 is 19.5 Å². The SMILES string of the molecule is Cc1ccc(CNC(=O)NC(=O)CC(C)(C)C(=O)O)s1. The molecule has 20 heavy (non-hydrogen) atoms. The van der Waals surface area contributed by atoms with Crippen molar-refractivity contribution >= 4 is 29.2 Å². The van der Waals surface area contributed by atoms with Gasteiger partial charge in [0.25, 0.3) is 0 Å². The number of carbonyl (C=O) groups is 3. The molecule has 1 aromatic rings. The molecule has 0 saturated heterocycles. The minimum Gasteiger partial charge on any atom is -0.481 e. The Hall–Kier alpha value is -1.89. The highest BCUT2D eigenvalue weighted by molar-refractivity contribution is 7.11. The largest absolute Gasteiger partial charge is 0.481 e. The van der Waals surface area contributed by atoms with Gasteiger partial charge in [0.2, 0.25) is 5.91 Å². The molecule has 0 unspecified atom stereocenters. The number of rotatable bonds is 5. The Morgan fingerprint density at radius 2 is 1.95 bits per heavy atom. The maximum Gasteiger partial charge on any atom is 0.321 e. The summed E-state index contributed by atoms with van der Waals surface area (Å²) in [5, 5.41) is 13.6. The minimum absolute atomic E-state index is 0.256. The fourth-order valence-electron chi connectivity index (χ4n) is 1.44. The number of thiophene rings is 1. The summed E-state index contributed by atoms with van der Waals surface area (Å²) in [6, 6.07) is 3.22. The first-order valence-electron chi connectivity index (χ1n) is 6.07. The van der Waals surface area contributed by atoms with Gasteiger partial charge in [0.1, 0.15) is 0 Å². The van der Waals surface area contributed by atoms with E-state index in [0.717, 1.165) is 9.75 Å². The number of nitrogens with one attached hydrogen (secondary N) is 2. The van der Waals surface area contributed by atoms with Crippen molar-refractivity contribution in [3.8, 4) is 0 Å². The van der Waals surface area contributed by atoms with E-state index in [0.29, 0.717) is 6.54 Å². The van der Waals surface area contributed by atoms with Crippen LogP contribution in [0.5, 0.6) is 0 Å². The quantitative estimate of drug-likeness (QED) is 0.773. The van der Waals surface area contributed by atoms with Crippen molar-refractivity contribution in [1.29, 1.82) is 0 Å².